The highest BCUT2D eigenvalue weighted by Gasteiger charge is 2.09. The molecule has 2 heterocycles. The molecule has 15 heavy (non-hydrogen) atoms. The summed E-state index contributed by atoms with van der Waals surface area (Å²) >= 11 is 0. The van der Waals surface area contributed by atoms with Crippen molar-refractivity contribution in [3.05, 3.63) is 53.7 Å². The lowest BCUT2D eigenvalue weighted by atomic mass is 9.99. The van der Waals surface area contributed by atoms with E-state index in [1.807, 2.05) is 25.3 Å². The Morgan fingerprint density at radius 1 is 1.47 bits per heavy atom. The lowest BCUT2D eigenvalue weighted by Gasteiger charge is -2.12. The Labute approximate surface area is 88.9 Å². The Morgan fingerprint density at radius 3 is 3.00 bits per heavy atom. The van der Waals surface area contributed by atoms with Crippen LogP contribution >= 0.6 is 0 Å². The van der Waals surface area contributed by atoms with Crippen LogP contribution in [0.3, 0.4) is 0 Å². The predicted octanol–water partition coefficient (Wildman–Crippen LogP) is 2.23. The Morgan fingerprint density at radius 2 is 2.33 bits per heavy atom. The summed E-state index contributed by atoms with van der Waals surface area (Å²) in [6.07, 6.45) is 7.81. The zero-order chi connectivity index (χ0) is 10.7. The second-order valence-electron chi connectivity index (χ2n) is 3.67. The van der Waals surface area contributed by atoms with Crippen LogP contribution in [0.25, 0.3) is 0 Å². The molecule has 3 nitrogen and oxygen atoms in total. The van der Waals surface area contributed by atoms with Crippen molar-refractivity contribution in [1.29, 1.82) is 0 Å². The van der Waals surface area contributed by atoms with E-state index >= 15 is 0 Å². The van der Waals surface area contributed by atoms with Crippen LogP contribution in [0.5, 0.6) is 0 Å². The lowest BCUT2D eigenvalue weighted by Crippen LogP contribution is -2.14. The molecule has 1 unspecified atom stereocenters. The van der Waals surface area contributed by atoms with Crippen LogP contribution in [0, 0.1) is 6.92 Å². The largest absolute Gasteiger partial charge is 0.472 e. The SMILES string of the molecule is Cc1cnccc1C(N)Cc1ccoc1. The minimum atomic E-state index is 0.00519. The molecule has 0 amide bonds. The molecule has 0 aliphatic carbocycles. The Balaban J connectivity index is 2.15. The highest BCUT2D eigenvalue weighted by Crippen LogP contribution is 2.18. The number of aryl methyl sites for hydroxylation is 1. The van der Waals surface area contributed by atoms with Gasteiger partial charge in [-0.15, -0.1) is 0 Å². The number of furan rings is 1. The number of pyridine rings is 1. The number of hydrogen-bond acceptors (Lipinski definition) is 3. The molecule has 0 bridgehead atoms. The van der Waals surface area contributed by atoms with Gasteiger partial charge in [-0.1, -0.05) is 0 Å². The van der Waals surface area contributed by atoms with E-state index in [-0.39, 0.29) is 6.04 Å². The highest BCUT2D eigenvalue weighted by molar-refractivity contribution is 5.26. The van der Waals surface area contributed by atoms with Crippen molar-refractivity contribution in [3.63, 3.8) is 0 Å². The number of rotatable bonds is 3. The van der Waals surface area contributed by atoms with Gasteiger partial charge in [0.05, 0.1) is 12.5 Å². The van der Waals surface area contributed by atoms with Crippen molar-refractivity contribution in [2.24, 2.45) is 5.73 Å². The Hall–Kier alpha value is -1.61. The van der Waals surface area contributed by atoms with Crippen LogP contribution in [-0.2, 0) is 6.42 Å². The standard InChI is InChI=1S/C12H14N2O/c1-9-7-14-4-2-11(9)12(13)6-10-3-5-15-8-10/h2-5,7-8,12H,6,13H2,1H3. The highest BCUT2D eigenvalue weighted by atomic mass is 16.3. The van der Waals surface area contributed by atoms with Gasteiger partial charge >= 0.3 is 0 Å². The molecule has 0 aliphatic rings. The van der Waals surface area contributed by atoms with Gasteiger partial charge in [0.15, 0.2) is 0 Å². The topological polar surface area (TPSA) is 52.0 Å². The first-order valence-electron chi connectivity index (χ1n) is 4.94. The number of aromatic nitrogens is 1. The molecule has 78 valence electrons. The van der Waals surface area contributed by atoms with Gasteiger partial charge < -0.3 is 10.2 Å². The lowest BCUT2D eigenvalue weighted by molar-refractivity contribution is 0.561. The van der Waals surface area contributed by atoms with Crippen LogP contribution in [0.4, 0.5) is 0 Å². The van der Waals surface area contributed by atoms with Gasteiger partial charge in [-0.25, -0.2) is 0 Å². The van der Waals surface area contributed by atoms with E-state index in [0.29, 0.717) is 0 Å². The maximum atomic E-state index is 6.12. The third-order valence-corrected chi connectivity index (χ3v) is 2.50. The van der Waals surface area contributed by atoms with Gasteiger partial charge in [0.1, 0.15) is 0 Å². The molecule has 0 saturated heterocycles. The van der Waals surface area contributed by atoms with Crippen molar-refractivity contribution >= 4 is 0 Å². The molecule has 2 rings (SSSR count). The second kappa shape index (κ2) is 4.28. The molecule has 0 radical (unpaired) electrons. The van der Waals surface area contributed by atoms with Gasteiger partial charge in [-0.05, 0) is 42.2 Å². The summed E-state index contributed by atoms with van der Waals surface area (Å²) in [6, 6.07) is 3.92. The maximum Gasteiger partial charge on any atom is 0.0935 e. The van der Waals surface area contributed by atoms with Crippen molar-refractivity contribution in [3.8, 4) is 0 Å². The number of hydrogen-bond donors (Lipinski definition) is 1. The molecule has 0 aliphatic heterocycles. The molecule has 0 spiro atoms. The summed E-state index contributed by atoms with van der Waals surface area (Å²) in [5.41, 5.74) is 9.52. The van der Waals surface area contributed by atoms with E-state index in [9.17, 15) is 0 Å². The molecule has 0 saturated carbocycles. The second-order valence-corrected chi connectivity index (χ2v) is 3.67. The van der Waals surface area contributed by atoms with Crippen LogP contribution < -0.4 is 5.73 Å². The summed E-state index contributed by atoms with van der Waals surface area (Å²) in [4.78, 5) is 4.05. The zero-order valence-electron chi connectivity index (χ0n) is 8.68. The van der Waals surface area contributed by atoms with E-state index in [1.165, 1.54) is 0 Å². The normalized spacial score (nSPS) is 12.7. The minimum Gasteiger partial charge on any atom is -0.472 e. The van der Waals surface area contributed by atoms with Crippen LogP contribution in [0.1, 0.15) is 22.7 Å². The first kappa shape index (κ1) is 9.93. The molecular weight excluding hydrogens is 188 g/mol. The van der Waals surface area contributed by atoms with Crippen LogP contribution in [-0.4, -0.2) is 4.98 Å². The third kappa shape index (κ3) is 2.25. The van der Waals surface area contributed by atoms with E-state index in [2.05, 4.69) is 4.98 Å². The molecular formula is C12H14N2O. The van der Waals surface area contributed by atoms with E-state index < -0.39 is 0 Å². The van der Waals surface area contributed by atoms with Gasteiger partial charge in [0.25, 0.3) is 0 Å². The quantitative estimate of drug-likeness (QED) is 0.830. The van der Waals surface area contributed by atoms with E-state index in [4.69, 9.17) is 10.2 Å². The van der Waals surface area contributed by atoms with Crippen molar-refractivity contribution in [2.75, 3.05) is 0 Å². The molecule has 3 heteroatoms. The molecule has 0 fully saturated rings. The van der Waals surface area contributed by atoms with Gasteiger partial charge in [-0.3, -0.25) is 4.98 Å². The fourth-order valence-electron chi connectivity index (χ4n) is 1.67. The summed E-state index contributed by atoms with van der Waals surface area (Å²) in [6.45, 7) is 2.03. The van der Waals surface area contributed by atoms with Gasteiger partial charge in [0.2, 0.25) is 0 Å². The molecule has 2 aromatic heterocycles. The maximum absolute atomic E-state index is 6.12. The fourth-order valence-corrected chi connectivity index (χ4v) is 1.67. The van der Waals surface area contributed by atoms with Crippen molar-refractivity contribution < 1.29 is 4.42 Å². The molecule has 2 aromatic rings. The molecule has 1 atom stereocenters. The third-order valence-electron chi connectivity index (χ3n) is 2.50. The smallest absolute Gasteiger partial charge is 0.0935 e. The first-order valence-corrected chi connectivity index (χ1v) is 4.94. The average molecular weight is 202 g/mol. The predicted molar refractivity (Wildman–Crippen MR) is 58.3 cm³/mol. The van der Waals surface area contributed by atoms with Crippen molar-refractivity contribution in [2.45, 2.75) is 19.4 Å². The fraction of sp³-hybridized carbons (Fsp3) is 0.250. The number of nitrogens with two attached hydrogens (primary N) is 1. The van der Waals surface area contributed by atoms with E-state index in [1.54, 1.807) is 18.7 Å². The molecule has 0 aromatic carbocycles. The van der Waals surface area contributed by atoms with Gasteiger partial charge in [-0.2, -0.15) is 0 Å². The minimum absolute atomic E-state index is 0.00519. The van der Waals surface area contributed by atoms with Crippen LogP contribution in [0.2, 0.25) is 0 Å². The first-order chi connectivity index (χ1) is 7.27. The zero-order valence-corrected chi connectivity index (χ0v) is 8.68. The van der Waals surface area contributed by atoms with Gasteiger partial charge in [0, 0.05) is 18.4 Å². The Bertz CT molecular complexity index is 423. The monoisotopic (exact) mass is 202 g/mol. The summed E-state index contributed by atoms with van der Waals surface area (Å²) < 4.78 is 5.01. The average Bonchev–Trinajstić information content (AvgIpc) is 2.71. The van der Waals surface area contributed by atoms with E-state index in [0.717, 1.165) is 23.1 Å². The van der Waals surface area contributed by atoms with Crippen LogP contribution in [0.15, 0.2) is 41.5 Å². The molecule has 2 N–H and O–H groups in total. The summed E-state index contributed by atoms with van der Waals surface area (Å²) in [5.74, 6) is 0. The Kier molecular flexibility index (Phi) is 2.83. The number of nitrogens with zero attached hydrogens (tertiary/aromatic N) is 1. The summed E-state index contributed by atoms with van der Waals surface area (Å²) in [5, 5.41) is 0. The summed E-state index contributed by atoms with van der Waals surface area (Å²) in [7, 11) is 0. The van der Waals surface area contributed by atoms with Crippen molar-refractivity contribution in [1.82, 2.24) is 4.98 Å².